The SMILES string of the molecule is CC(CNC(=O)c1ccc(S(=O)(=O)N(C)C)o1)C(=O)O. The normalized spacial score (nSPS) is 13.2. The Bertz CT molecular complexity index is 604. The van der Waals surface area contributed by atoms with Gasteiger partial charge >= 0.3 is 5.97 Å². The van der Waals surface area contributed by atoms with Crippen LogP contribution < -0.4 is 5.32 Å². The molecule has 1 amide bonds. The minimum absolute atomic E-state index is 0.0787. The van der Waals surface area contributed by atoms with Gasteiger partial charge in [0.1, 0.15) is 0 Å². The maximum atomic E-state index is 11.7. The summed E-state index contributed by atoms with van der Waals surface area (Å²) in [5.41, 5.74) is 0. The lowest BCUT2D eigenvalue weighted by Gasteiger charge is -2.08. The molecule has 9 heteroatoms. The molecule has 0 radical (unpaired) electrons. The first-order chi connectivity index (χ1) is 9.16. The van der Waals surface area contributed by atoms with E-state index in [-0.39, 0.29) is 17.4 Å². The van der Waals surface area contributed by atoms with Gasteiger partial charge in [-0.1, -0.05) is 6.92 Å². The highest BCUT2D eigenvalue weighted by atomic mass is 32.2. The van der Waals surface area contributed by atoms with Crippen molar-refractivity contribution in [1.82, 2.24) is 9.62 Å². The number of hydrogen-bond donors (Lipinski definition) is 2. The van der Waals surface area contributed by atoms with Crippen molar-refractivity contribution in [2.24, 2.45) is 5.92 Å². The Morgan fingerprint density at radius 1 is 1.40 bits per heavy atom. The minimum atomic E-state index is -3.74. The first kappa shape index (κ1) is 16.2. The van der Waals surface area contributed by atoms with Crippen molar-refractivity contribution < 1.29 is 27.5 Å². The van der Waals surface area contributed by atoms with Crippen molar-refractivity contribution in [2.75, 3.05) is 20.6 Å². The average Bonchev–Trinajstić information content (AvgIpc) is 2.85. The molecular weight excluding hydrogens is 288 g/mol. The topological polar surface area (TPSA) is 117 Å². The lowest BCUT2D eigenvalue weighted by Crippen LogP contribution is -2.31. The molecule has 0 saturated heterocycles. The zero-order valence-corrected chi connectivity index (χ0v) is 12.1. The van der Waals surface area contributed by atoms with E-state index in [1.165, 1.54) is 33.2 Å². The fourth-order valence-electron chi connectivity index (χ4n) is 1.18. The summed E-state index contributed by atoms with van der Waals surface area (Å²) >= 11 is 0. The second-order valence-electron chi connectivity index (χ2n) is 4.36. The van der Waals surface area contributed by atoms with Crippen LogP contribution in [0.5, 0.6) is 0 Å². The van der Waals surface area contributed by atoms with Crippen molar-refractivity contribution in [2.45, 2.75) is 12.0 Å². The van der Waals surface area contributed by atoms with E-state index in [1.807, 2.05) is 0 Å². The fraction of sp³-hybridized carbons (Fsp3) is 0.455. The Balaban J connectivity index is 2.78. The van der Waals surface area contributed by atoms with Crippen molar-refractivity contribution in [1.29, 1.82) is 0 Å². The Morgan fingerprint density at radius 3 is 2.50 bits per heavy atom. The van der Waals surface area contributed by atoms with Gasteiger partial charge in [0.15, 0.2) is 5.76 Å². The van der Waals surface area contributed by atoms with Crippen LogP contribution in [0.2, 0.25) is 0 Å². The van der Waals surface area contributed by atoms with Gasteiger partial charge in [-0.25, -0.2) is 12.7 Å². The third-order valence-corrected chi connectivity index (χ3v) is 4.22. The van der Waals surface area contributed by atoms with E-state index in [9.17, 15) is 18.0 Å². The number of carboxylic acids is 1. The van der Waals surface area contributed by atoms with Crippen molar-refractivity contribution >= 4 is 21.9 Å². The molecule has 20 heavy (non-hydrogen) atoms. The number of rotatable bonds is 6. The molecule has 0 aromatic carbocycles. The van der Waals surface area contributed by atoms with Crippen LogP contribution in [0.15, 0.2) is 21.6 Å². The maximum Gasteiger partial charge on any atom is 0.308 e. The van der Waals surface area contributed by atoms with Crippen LogP contribution >= 0.6 is 0 Å². The average molecular weight is 304 g/mol. The number of amides is 1. The van der Waals surface area contributed by atoms with Gasteiger partial charge < -0.3 is 14.8 Å². The van der Waals surface area contributed by atoms with Gasteiger partial charge in [-0.2, -0.15) is 0 Å². The number of carbonyl (C=O) groups excluding carboxylic acids is 1. The molecule has 1 unspecified atom stereocenters. The smallest absolute Gasteiger partial charge is 0.308 e. The molecule has 1 aromatic heterocycles. The standard InChI is InChI=1S/C11H16N2O6S/c1-7(11(15)16)6-12-10(14)8-4-5-9(19-8)20(17,18)13(2)3/h4-5,7H,6H2,1-3H3,(H,12,14)(H,15,16). The predicted octanol–water partition coefficient (Wildman–Crippen LogP) is -0.0196. The number of nitrogens with one attached hydrogen (secondary N) is 1. The van der Waals surface area contributed by atoms with Crippen LogP contribution in [0.3, 0.4) is 0 Å². The van der Waals surface area contributed by atoms with Gasteiger partial charge in [-0.3, -0.25) is 9.59 Å². The number of hydrogen-bond acceptors (Lipinski definition) is 5. The molecule has 1 aromatic rings. The Kier molecular flexibility index (Phi) is 4.90. The van der Waals surface area contributed by atoms with E-state index in [0.717, 1.165) is 4.31 Å². The van der Waals surface area contributed by atoms with Gasteiger partial charge in [0, 0.05) is 20.6 Å². The molecule has 0 aliphatic heterocycles. The number of carbonyl (C=O) groups is 2. The summed E-state index contributed by atoms with van der Waals surface area (Å²) in [6.07, 6.45) is 0. The van der Waals surface area contributed by atoms with Gasteiger partial charge in [0.25, 0.3) is 15.9 Å². The highest BCUT2D eigenvalue weighted by Gasteiger charge is 2.23. The monoisotopic (exact) mass is 304 g/mol. The molecule has 0 bridgehead atoms. The zero-order chi connectivity index (χ0) is 15.5. The number of carboxylic acid groups (broad SMARTS) is 1. The molecule has 8 nitrogen and oxygen atoms in total. The molecular formula is C11H16N2O6S. The Morgan fingerprint density at radius 2 is 2.00 bits per heavy atom. The van der Waals surface area contributed by atoms with Crippen LogP contribution in [0.1, 0.15) is 17.5 Å². The summed E-state index contributed by atoms with van der Waals surface area (Å²) in [5, 5.41) is 10.7. The van der Waals surface area contributed by atoms with Gasteiger partial charge in [-0.05, 0) is 12.1 Å². The number of furan rings is 1. The summed E-state index contributed by atoms with van der Waals surface area (Å²) in [7, 11) is -1.06. The van der Waals surface area contributed by atoms with E-state index < -0.39 is 27.8 Å². The van der Waals surface area contributed by atoms with E-state index in [0.29, 0.717) is 0 Å². The second kappa shape index (κ2) is 6.06. The quantitative estimate of drug-likeness (QED) is 0.763. The molecule has 1 atom stereocenters. The highest BCUT2D eigenvalue weighted by molar-refractivity contribution is 7.88. The summed E-state index contributed by atoms with van der Waals surface area (Å²) in [4.78, 5) is 22.3. The Labute approximate surface area is 116 Å². The predicted molar refractivity (Wildman–Crippen MR) is 68.7 cm³/mol. The Hall–Kier alpha value is -1.87. The number of sulfonamides is 1. The van der Waals surface area contributed by atoms with E-state index in [2.05, 4.69) is 5.32 Å². The molecule has 0 aliphatic rings. The third-order valence-electron chi connectivity index (χ3n) is 2.53. The zero-order valence-electron chi connectivity index (χ0n) is 11.3. The van der Waals surface area contributed by atoms with Crippen molar-refractivity contribution in [3.63, 3.8) is 0 Å². The van der Waals surface area contributed by atoms with Gasteiger partial charge in [-0.15, -0.1) is 0 Å². The minimum Gasteiger partial charge on any atom is -0.481 e. The number of aliphatic carboxylic acids is 1. The van der Waals surface area contributed by atoms with Crippen LogP contribution in [-0.4, -0.2) is 50.3 Å². The molecule has 112 valence electrons. The van der Waals surface area contributed by atoms with Crippen LogP contribution in [0.25, 0.3) is 0 Å². The second-order valence-corrected chi connectivity index (χ2v) is 6.44. The molecule has 1 heterocycles. The molecule has 0 spiro atoms. The molecule has 1 rings (SSSR count). The summed E-state index contributed by atoms with van der Waals surface area (Å²) in [6.45, 7) is 1.36. The van der Waals surface area contributed by atoms with Crippen molar-refractivity contribution in [3.8, 4) is 0 Å². The summed E-state index contributed by atoms with van der Waals surface area (Å²) in [6, 6.07) is 2.39. The summed E-state index contributed by atoms with van der Waals surface area (Å²) < 4.78 is 29.4. The van der Waals surface area contributed by atoms with Gasteiger partial charge in [0.2, 0.25) is 5.09 Å². The first-order valence-corrected chi connectivity index (χ1v) is 7.13. The molecule has 0 fully saturated rings. The number of nitrogens with zero attached hydrogens (tertiary/aromatic N) is 1. The highest BCUT2D eigenvalue weighted by Crippen LogP contribution is 2.16. The summed E-state index contributed by atoms with van der Waals surface area (Å²) in [5.74, 6) is -2.65. The van der Waals surface area contributed by atoms with Gasteiger partial charge in [0.05, 0.1) is 5.92 Å². The molecule has 0 aliphatic carbocycles. The largest absolute Gasteiger partial charge is 0.481 e. The van der Waals surface area contributed by atoms with E-state index in [1.54, 1.807) is 0 Å². The van der Waals surface area contributed by atoms with Crippen LogP contribution in [-0.2, 0) is 14.8 Å². The van der Waals surface area contributed by atoms with Crippen LogP contribution in [0, 0.1) is 5.92 Å². The lowest BCUT2D eigenvalue weighted by molar-refractivity contribution is -0.140. The maximum absolute atomic E-state index is 11.7. The van der Waals surface area contributed by atoms with Crippen LogP contribution in [0.4, 0.5) is 0 Å². The first-order valence-electron chi connectivity index (χ1n) is 5.69. The molecule has 2 N–H and O–H groups in total. The van der Waals surface area contributed by atoms with E-state index >= 15 is 0 Å². The van der Waals surface area contributed by atoms with Crippen molar-refractivity contribution in [3.05, 3.63) is 17.9 Å². The lowest BCUT2D eigenvalue weighted by atomic mass is 10.2. The molecule has 0 saturated carbocycles. The fourth-order valence-corrected chi connectivity index (χ4v) is 1.98. The van der Waals surface area contributed by atoms with E-state index in [4.69, 9.17) is 9.52 Å². The third kappa shape index (κ3) is 3.58.